The molecule has 0 aliphatic carbocycles. The number of hydrogen-bond acceptors (Lipinski definition) is 5. The Balaban J connectivity index is 1.64. The van der Waals surface area contributed by atoms with Crippen LogP contribution in [0.2, 0.25) is 0 Å². The molecule has 2 N–H and O–H groups in total. The van der Waals surface area contributed by atoms with E-state index in [0.29, 0.717) is 17.1 Å². The molecule has 3 rings (SSSR count). The highest BCUT2D eigenvalue weighted by atomic mass is 32.1. The molecule has 0 fully saturated rings. The second kappa shape index (κ2) is 9.43. The Morgan fingerprint density at radius 2 is 1.69 bits per heavy atom. The molecule has 0 bridgehead atoms. The number of carbonyl (C=O) groups excluding carboxylic acids is 2. The van der Waals surface area contributed by atoms with E-state index in [-0.39, 0.29) is 17.7 Å². The van der Waals surface area contributed by atoms with E-state index in [0.717, 1.165) is 16.1 Å². The summed E-state index contributed by atoms with van der Waals surface area (Å²) in [5.74, 6) is -0.662. The monoisotopic (exact) mass is 408 g/mol. The first-order chi connectivity index (χ1) is 13.9. The molecule has 3 aromatic rings. The molecule has 0 aliphatic heterocycles. The van der Waals surface area contributed by atoms with Crippen molar-refractivity contribution < 1.29 is 9.59 Å². The number of nitrogens with zero attached hydrogens (tertiary/aromatic N) is 2. The van der Waals surface area contributed by atoms with Crippen LogP contribution in [0.5, 0.6) is 0 Å². The quantitative estimate of drug-likeness (QED) is 0.622. The van der Waals surface area contributed by atoms with Crippen LogP contribution in [0.4, 0.5) is 5.13 Å². The minimum absolute atomic E-state index is 0.0823. The van der Waals surface area contributed by atoms with Crippen molar-refractivity contribution >= 4 is 28.3 Å². The minimum Gasteiger partial charge on any atom is -0.340 e. The zero-order valence-corrected chi connectivity index (χ0v) is 17.5. The molecule has 1 atom stereocenters. The number of carbonyl (C=O) groups is 2. The van der Waals surface area contributed by atoms with Crippen LogP contribution in [0.15, 0.2) is 54.6 Å². The summed E-state index contributed by atoms with van der Waals surface area (Å²) < 4.78 is 0. The first-order valence-corrected chi connectivity index (χ1v) is 10.3. The molecule has 29 heavy (non-hydrogen) atoms. The van der Waals surface area contributed by atoms with Crippen molar-refractivity contribution in [3.05, 3.63) is 76.3 Å². The third-order valence-corrected chi connectivity index (χ3v) is 5.28. The SMILES string of the molecule is Cc1ccc(C(=O)N[C@@H](C(=O)Nc2nnc(Cc3ccccc3)s2)C(C)C)cc1. The molecule has 2 aromatic carbocycles. The fourth-order valence-electron chi connectivity index (χ4n) is 2.79. The highest BCUT2D eigenvalue weighted by Gasteiger charge is 2.25. The summed E-state index contributed by atoms with van der Waals surface area (Å²) in [7, 11) is 0. The van der Waals surface area contributed by atoms with Crippen molar-refractivity contribution in [2.45, 2.75) is 33.2 Å². The Labute approximate surface area is 174 Å². The van der Waals surface area contributed by atoms with Gasteiger partial charge in [-0.05, 0) is 30.5 Å². The highest BCUT2D eigenvalue weighted by Crippen LogP contribution is 2.19. The van der Waals surface area contributed by atoms with E-state index in [1.165, 1.54) is 11.3 Å². The number of aryl methyl sites for hydroxylation is 1. The third kappa shape index (κ3) is 5.71. The van der Waals surface area contributed by atoms with Gasteiger partial charge >= 0.3 is 0 Å². The Kier molecular flexibility index (Phi) is 6.72. The van der Waals surface area contributed by atoms with Gasteiger partial charge in [0.2, 0.25) is 11.0 Å². The summed E-state index contributed by atoms with van der Waals surface area (Å²) >= 11 is 1.34. The van der Waals surface area contributed by atoms with Gasteiger partial charge in [0.05, 0.1) is 0 Å². The Morgan fingerprint density at radius 1 is 1.00 bits per heavy atom. The normalized spacial score (nSPS) is 11.9. The number of rotatable bonds is 7. The van der Waals surface area contributed by atoms with E-state index in [9.17, 15) is 9.59 Å². The molecule has 1 aromatic heterocycles. The van der Waals surface area contributed by atoms with Gasteiger partial charge in [-0.2, -0.15) is 0 Å². The first-order valence-electron chi connectivity index (χ1n) is 9.47. The van der Waals surface area contributed by atoms with E-state index in [1.807, 2.05) is 63.2 Å². The van der Waals surface area contributed by atoms with Gasteiger partial charge in [0.1, 0.15) is 11.0 Å². The third-order valence-electron chi connectivity index (χ3n) is 4.44. The van der Waals surface area contributed by atoms with Crippen LogP contribution in [0, 0.1) is 12.8 Å². The van der Waals surface area contributed by atoms with Crippen molar-refractivity contribution in [2.75, 3.05) is 5.32 Å². The molecule has 0 spiro atoms. The summed E-state index contributed by atoms with van der Waals surface area (Å²) in [5, 5.41) is 15.1. The van der Waals surface area contributed by atoms with Crippen molar-refractivity contribution in [3.63, 3.8) is 0 Å². The van der Waals surface area contributed by atoms with Gasteiger partial charge in [-0.1, -0.05) is 73.2 Å². The molecule has 0 saturated heterocycles. The van der Waals surface area contributed by atoms with Gasteiger partial charge in [0, 0.05) is 12.0 Å². The molecule has 2 amide bonds. The lowest BCUT2D eigenvalue weighted by atomic mass is 10.0. The van der Waals surface area contributed by atoms with Crippen LogP contribution in [0.3, 0.4) is 0 Å². The molecular weight excluding hydrogens is 384 g/mol. The van der Waals surface area contributed by atoms with Gasteiger partial charge in [0.25, 0.3) is 5.91 Å². The molecule has 6 nitrogen and oxygen atoms in total. The summed E-state index contributed by atoms with van der Waals surface area (Å²) in [5.41, 5.74) is 2.73. The van der Waals surface area contributed by atoms with Gasteiger partial charge in [0.15, 0.2) is 0 Å². The zero-order valence-electron chi connectivity index (χ0n) is 16.7. The number of hydrogen-bond donors (Lipinski definition) is 2. The van der Waals surface area contributed by atoms with Crippen LogP contribution in [0.25, 0.3) is 0 Å². The topological polar surface area (TPSA) is 84.0 Å². The molecule has 150 valence electrons. The molecule has 0 radical (unpaired) electrons. The standard InChI is InChI=1S/C22H24N4O2S/c1-14(2)19(23-20(27)17-11-9-15(3)10-12-17)21(28)24-22-26-25-18(29-22)13-16-7-5-4-6-8-16/h4-12,14,19H,13H2,1-3H3,(H,23,27)(H,24,26,28)/t19-/m1/s1. The number of anilines is 1. The van der Waals surface area contributed by atoms with E-state index in [2.05, 4.69) is 20.8 Å². The van der Waals surface area contributed by atoms with E-state index in [4.69, 9.17) is 0 Å². The van der Waals surface area contributed by atoms with Crippen molar-refractivity contribution in [3.8, 4) is 0 Å². The van der Waals surface area contributed by atoms with Crippen LogP contribution < -0.4 is 10.6 Å². The van der Waals surface area contributed by atoms with Crippen LogP contribution in [-0.4, -0.2) is 28.1 Å². The Hall–Kier alpha value is -3.06. The predicted molar refractivity (Wildman–Crippen MR) is 115 cm³/mol. The van der Waals surface area contributed by atoms with Crippen LogP contribution in [-0.2, 0) is 11.2 Å². The van der Waals surface area contributed by atoms with Crippen LogP contribution >= 0.6 is 11.3 Å². The second-order valence-corrected chi connectivity index (χ2v) is 8.28. The first kappa shape index (κ1) is 20.7. The molecular formula is C22H24N4O2S. The van der Waals surface area contributed by atoms with E-state index >= 15 is 0 Å². The van der Waals surface area contributed by atoms with Gasteiger partial charge < -0.3 is 5.32 Å². The highest BCUT2D eigenvalue weighted by molar-refractivity contribution is 7.15. The lowest BCUT2D eigenvalue weighted by molar-refractivity contribution is -0.118. The lowest BCUT2D eigenvalue weighted by Gasteiger charge is -2.21. The summed E-state index contributed by atoms with van der Waals surface area (Å²) in [6.07, 6.45) is 0.659. The summed E-state index contributed by atoms with van der Waals surface area (Å²) in [6, 6.07) is 16.5. The van der Waals surface area contributed by atoms with Gasteiger partial charge in [-0.15, -0.1) is 10.2 Å². The summed E-state index contributed by atoms with van der Waals surface area (Å²) in [4.78, 5) is 25.3. The van der Waals surface area contributed by atoms with Crippen molar-refractivity contribution in [1.82, 2.24) is 15.5 Å². The zero-order chi connectivity index (χ0) is 20.8. The molecule has 7 heteroatoms. The molecule has 0 aliphatic rings. The van der Waals surface area contributed by atoms with Crippen LogP contribution in [0.1, 0.15) is 40.3 Å². The fourth-order valence-corrected chi connectivity index (χ4v) is 3.57. The number of nitrogens with one attached hydrogen (secondary N) is 2. The summed E-state index contributed by atoms with van der Waals surface area (Å²) in [6.45, 7) is 5.74. The lowest BCUT2D eigenvalue weighted by Crippen LogP contribution is -2.47. The average molecular weight is 409 g/mol. The fraction of sp³-hybridized carbons (Fsp3) is 0.273. The van der Waals surface area contributed by atoms with Crippen molar-refractivity contribution in [1.29, 1.82) is 0 Å². The number of aromatic nitrogens is 2. The number of benzene rings is 2. The molecule has 1 heterocycles. The predicted octanol–water partition coefficient (Wildman–Crippen LogP) is 3.83. The van der Waals surface area contributed by atoms with E-state index < -0.39 is 6.04 Å². The van der Waals surface area contributed by atoms with Gasteiger partial charge in [-0.25, -0.2) is 0 Å². The molecule has 0 unspecified atom stereocenters. The van der Waals surface area contributed by atoms with E-state index in [1.54, 1.807) is 12.1 Å². The Bertz CT molecular complexity index is 968. The maximum Gasteiger partial charge on any atom is 0.251 e. The average Bonchev–Trinajstić information content (AvgIpc) is 3.13. The number of amides is 2. The minimum atomic E-state index is -0.676. The smallest absolute Gasteiger partial charge is 0.251 e. The largest absolute Gasteiger partial charge is 0.340 e. The Morgan fingerprint density at radius 3 is 2.34 bits per heavy atom. The maximum atomic E-state index is 12.8. The maximum absolute atomic E-state index is 12.8. The molecule has 0 saturated carbocycles. The van der Waals surface area contributed by atoms with Gasteiger partial charge in [-0.3, -0.25) is 14.9 Å². The second-order valence-electron chi connectivity index (χ2n) is 7.21. The van der Waals surface area contributed by atoms with Crippen molar-refractivity contribution in [2.24, 2.45) is 5.92 Å².